The van der Waals surface area contributed by atoms with Gasteiger partial charge in [0.15, 0.2) is 0 Å². The summed E-state index contributed by atoms with van der Waals surface area (Å²) < 4.78 is 33.3. The first-order valence-electron chi connectivity index (χ1n) is 8.19. The second-order valence-electron chi connectivity index (χ2n) is 6.29. The van der Waals surface area contributed by atoms with Crippen LogP contribution in [0.2, 0.25) is 0 Å². The molecule has 0 aliphatic rings. The van der Waals surface area contributed by atoms with Crippen molar-refractivity contribution in [2.45, 2.75) is 39.5 Å². The molecular weight excluding hydrogens is 336 g/mol. The number of benzene rings is 2. The maximum Gasteiger partial charge on any atom is 0.269 e. The Morgan fingerprint density at radius 1 is 0.960 bits per heavy atom. The third kappa shape index (κ3) is 2.91. The predicted octanol–water partition coefficient (Wildman–Crippen LogP) is 3.91. The Hall–Kier alpha value is -2.34. The average Bonchev–Trinajstić information content (AvgIpc) is 2.94. The highest BCUT2D eigenvalue weighted by Gasteiger charge is 2.23. The molecule has 1 heterocycles. The minimum absolute atomic E-state index is 0.269. The summed E-state index contributed by atoms with van der Waals surface area (Å²) in [5, 5.41) is 0. The molecule has 3 aromatic rings. The lowest BCUT2D eigenvalue weighted by Gasteiger charge is -2.14. The van der Waals surface area contributed by atoms with E-state index < -0.39 is 10.0 Å². The summed E-state index contributed by atoms with van der Waals surface area (Å²) in [6.07, 6.45) is 1.38. The zero-order valence-corrected chi connectivity index (χ0v) is 15.9. The molecule has 0 radical (unpaired) electrons. The predicted molar refractivity (Wildman–Crippen MR) is 98.9 cm³/mol. The standard InChI is InChI=1S/C19H22N2O3S/c1-6-24-18-9-15(5)19(10-14(18)4)25(22,23)21-11-20-16-7-12(2)13(3)8-17(16)21/h7-11H,6H2,1-5H3. The first-order chi connectivity index (χ1) is 11.8. The van der Waals surface area contributed by atoms with E-state index in [-0.39, 0.29) is 4.90 Å². The zero-order chi connectivity index (χ0) is 18.4. The monoisotopic (exact) mass is 358 g/mol. The number of rotatable bonds is 4. The molecule has 0 fully saturated rings. The Kier molecular flexibility index (Phi) is 4.33. The molecule has 0 N–H and O–H groups in total. The van der Waals surface area contributed by atoms with Crippen LogP contribution >= 0.6 is 0 Å². The summed E-state index contributed by atoms with van der Waals surface area (Å²) in [5.74, 6) is 0.709. The quantitative estimate of drug-likeness (QED) is 0.709. The van der Waals surface area contributed by atoms with Gasteiger partial charge >= 0.3 is 0 Å². The number of nitrogens with zero attached hydrogens (tertiary/aromatic N) is 2. The molecule has 0 bridgehead atoms. The first kappa shape index (κ1) is 17.5. The molecule has 0 aliphatic heterocycles. The lowest BCUT2D eigenvalue weighted by atomic mass is 10.1. The van der Waals surface area contributed by atoms with Crippen molar-refractivity contribution in [3.8, 4) is 5.75 Å². The number of hydrogen-bond acceptors (Lipinski definition) is 4. The fourth-order valence-electron chi connectivity index (χ4n) is 2.89. The molecule has 6 heteroatoms. The van der Waals surface area contributed by atoms with Crippen LogP contribution in [0.15, 0.2) is 35.5 Å². The van der Waals surface area contributed by atoms with Crippen molar-refractivity contribution >= 4 is 21.1 Å². The molecule has 0 spiro atoms. The molecule has 0 atom stereocenters. The average molecular weight is 358 g/mol. The van der Waals surface area contributed by atoms with Gasteiger partial charge in [-0.1, -0.05) is 0 Å². The van der Waals surface area contributed by atoms with Crippen molar-refractivity contribution < 1.29 is 13.2 Å². The molecule has 5 nitrogen and oxygen atoms in total. The van der Waals surface area contributed by atoms with Gasteiger partial charge in [0, 0.05) is 0 Å². The largest absolute Gasteiger partial charge is 0.494 e. The van der Waals surface area contributed by atoms with Crippen LogP contribution in [0.3, 0.4) is 0 Å². The van der Waals surface area contributed by atoms with Crippen molar-refractivity contribution in [3.63, 3.8) is 0 Å². The minimum atomic E-state index is -3.74. The minimum Gasteiger partial charge on any atom is -0.494 e. The zero-order valence-electron chi connectivity index (χ0n) is 15.1. The third-order valence-corrected chi connectivity index (χ3v) is 6.24. The van der Waals surface area contributed by atoms with E-state index in [1.54, 1.807) is 19.1 Å². The summed E-state index contributed by atoms with van der Waals surface area (Å²) in [6, 6.07) is 7.22. The molecule has 0 aliphatic carbocycles. The molecule has 25 heavy (non-hydrogen) atoms. The molecular formula is C19H22N2O3S. The van der Waals surface area contributed by atoms with Gasteiger partial charge in [-0.25, -0.2) is 17.4 Å². The number of imidazole rings is 1. The second-order valence-corrected chi connectivity index (χ2v) is 8.07. The van der Waals surface area contributed by atoms with E-state index in [1.807, 2.05) is 39.8 Å². The maximum absolute atomic E-state index is 13.2. The fraction of sp³-hybridized carbons (Fsp3) is 0.316. The van der Waals surface area contributed by atoms with Crippen LogP contribution in [0.5, 0.6) is 5.75 Å². The first-order valence-corrected chi connectivity index (χ1v) is 9.63. The van der Waals surface area contributed by atoms with Crippen molar-refractivity contribution in [3.05, 3.63) is 52.8 Å². The fourth-order valence-corrected chi connectivity index (χ4v) is 4.47. The van der Waals surface area contributed by atoms with E-state index in [0.29, 0.717) is 29.0 Å². The van der Waals surface area contributed by atoms with Crippen LogP contribution < -0.4 is 4.74 Å². The SMILES string of the molecule is CCOc1cc(C)c(S(=O)(=O)n2cnc3cc(C)c(C)cc32)cc1C. The van der Waals surface area contributed by atoms with E-state index in [1.165, 1.54) is 10.3 Å². The van der Waals surface area contributed by atoms with Crippen LogP contribution in [-0.2, 0) is 10.0 Å². The summed E-state index contributed by atoms with van der Waals surface area (Å²) in [7, 11) is -3.74. The normalized spacial score (nSPS) is 11.9. The molecule has 2 aromatic carbocycles. The molecule has 1 aromatic heterocycles. The van der Waals surface area contributed by atoms with Gasteiger partial charge in [0.1, 0.15) is 12.1 Å². The van der Waals surface area contributed by atoms with Gasteiger partial charge in [-0.05, 0) is 81.1 Å². The molecule has 0 saturated carbocycles. The van der Waals surface area contributed by atoms with Crippen LogP contribution in [0.4, 0.5) is 0 Å². The highest BCUT2D eigenvalue weighted by molar-refractivity contribution is 7.90. The Morgan fingerprint density at radius 2 is 1.64 bits per heavy atom. The van der Waals surface area contributed by atoms with Crippen molar-refractivity contribution in [2.75, 3.05) is 6.61 Å². The number of fused-ring (bicyclic) bond motifs is 1. The Bertz CT molecular complexity index is 1070. The molecule has 0 saturated heterocycles. The molecule has 132 valence electrons. The van der Waals surface area contributed by atoms with Crippen molar-refractivity contribution in [2.24, 2.45) is 0 Å². The molecule has 3 rings (SSSR count). The second kappa shape index (κ2) is 6.19. The van der Waals surface area contributed by atoms with Crippen molar-refractivity contribution in [1.82, 2.24) is 8.96 Å². The van der Waals surface area contributed by atoms with Crippen LogP contribution in [-0.4, -0.2) is 24.0 Å². The Labute approximate surface area is 148 Å². The van der Waals surface area contributed by atoms with Crippen molar-refractivity contribution in [1.29, 1.82) is 0 Å². The Morgan fingerprint density at radius 3 is 2.32 bits per heavy atom. The van der Waals surface area contributed by atoms with Gasteiger partial charge < -0.3 is 4.74 Å². The molecule has 0 unspecified atom stereocenters. The lowest BCUT2D eigenvalue weighted by Crippen LogP contribution is -2.14. The van der Waals surface area contributed by atoms with Gasteiger partial charge in [-0.2, -0.15) is 0 Å². The van der Waals surface area contributed by atoms with E-state index in [0.717, 1.165) is 16.7 Å². The Balaban J connectivity index is 2.21. The third-order valence-electron chi connectivity index (χ3n) is 4.44. The summed E-state index contributed by atoms with van der Waals surface area (Å²) in [6.45, 7) is 10.0. The lowest BCUT2D eigenvalue weighted by molar-refractivity contribution is 0.337. The van der Waals surface area contributed by atoms with Crippen LogP contribution in [0, 0.1) is 27.7 Å². The topological polar surface area (TPSA) is 61.2 Å². The van der Waals surface area contributed by atoms with Crippen LogP contribution in [0.1, 0.15) is 29.2 Å². The van der Waals surface area contributed by atoms with Gasteiger partial charge in [-0.3, -0.25) is 0 Å². The summed E-state index contributed by atoms with van der Waals surface area (Å²) in [4.78, 5) is 4.54. The van der Waals surface area contributed by atoms with Gasteiger partial charge in [-0.15, -0.1) is 0 Å². The number of aryl methyl sites for hydroxylation is 4. The number of hydrogen-bond donors (Lipinski definition) is 0. The smallest absolute Gasteiger partial charge is 0.269 e. The molecule has 0 amide bonds. The number of ether oxygens (including phenoxy) is 1. The van der Waals surface area contributed by atoms with E-state index in [4.69, 9.17) is 4.74 Å². The summed E-state index contributed by atoms with van der Waals surface area (Å²) in [5.41, 5.74) is 4.83. The van der Waals surface area contributed by atoms with Gasteiger partial charge in [0.2, 0.25) is 0 Å². The van der Waals surface area contributed by atoms with E-state index in [9.17, 15) is 8.42 Å². The maximum atomic E-state index is 13.2. The van der Waals surface area contributed by atoms with Gasteiger partial charge in [0.05, 0.1) is 22.5 Å². The summed E-state index contributed by atoms with van der Waals surface area (Å²) >= 11 is 0. The highest BCUT2D eigenvalue weighted by atomic mass is 32.2. The van der Waals surface area contributed by atoms with Gasteiger partial charge in [0.25, 0.3) is 10.0 Å². The van der Waals surface area contributed by atoms with E-state index >= 15 is 0 Å². The number of aromatic nitrogens is 2. The highest BCUT2D eigenvalue weighted by Crippen LogP contribution is 2.29. The van der Waals surface area contributed by atoms with Crippen LogP contribution in [0.25, 0.3) is 11.0 Å². The van der Waals surface area contributed by atoms with E-state index in [2.05, 4.69) is 4.98 Å².